The number of hydrogen-bond donors (Lipinski definition) is 2. The third-order valence-electron chi connectivity index (χ3n) is 5.94. The molecule has 4 rings (SSSR count). The van der Waals surface area contributed by atoms with Crippen LogP contribution in [0.1, 0.15) is 49.2 Å². The van der Waals surface area contributed by atoms with E-state index in [2.05, 4.69) is 20.3 Å². The number of carbonyl (C=O) groups is 1. The molecule has 1 aromatic carbocycles. The Morgan fingerprint density at radius 3 is 2.76 bits per heavy atom. The number of piperidine rings is 1. The number of primary amides is 1. The zero-order valence-electron chi connectivity index (χ0n) is 18.4. The Bertz CT molecular complexity index is 1190. The summed E-state index contributed by atoms with van der Waals surface area (Å²) in [5.41, 5.74) is 5.57. The molecule has 0 spiro atoms. The molecule has 33 heavy (non-hydrogen) atoms. The molecule has 7 nitrogen and oxygen atoms in total. The van der Waals surface area contributed by atoms with Gasteiger partial charge in [-0.15, -0.1) is 0 Å². The van der Waals surface area contributed by atoms with Gasteiger partial charge < -0.3 is 16.0 Å². The Morgan fingerprint density at radius 2 is 2.03 bits per heavy atom. The molecule has 0 radical (unpaired) electrons. The lowest BCUT2D eigenvalue weighted by molar-refractivity contribution is -0.122. The summed E-state index contributed by atoms with van der Waals surface area (Å²) < 4.78 is 40.9. The smallest absolute Gasteiger partial charge is 0.266 e. The summed E-state index contributed by atoms with van der Waals surface area (Å²) in [4.78, 5) is 27.0. The van der Waals surface area contributed by atoms with Crippen molar-refractivity contribution in [3.05, 3.63) is 53.2 Å². The Labute approximate surface area is 189 Å². The molecule has 174 valence electrons. The van der Waals surface area contributed by atoms with E-state index in [9.17, 15) is 18.0 Å². The number of halogens is 3. The number of nitrogens with two attached hydrogens (primary N) is 1. The average Bonchev–Trinajstić information content (AvgIpc) is 2.78. The van der Waals surface area contributed by atoms with Gasteiger partial charge in [-0.2, -0.15) is 0 Å². The molecule has 2 aromatic heterocycles. The van der Waals surface area contributed by atoms with Gasteiger partial charge in [0.1, 0.15) is 23.3 Å². The van der Waals surface area contributed by atoms with E-state index in [0.717, 1.165) is 25.5 Å². The summed E-state index contributed by atoms with van der Waals surface area (Å²) in [7, 11) is 0. The predicted molar refractivity (Wildman–Crippen MR) is 120 cm³/mol. The van der Waals surface area contributed by atoms with E-state index >= 15 is 0 Å². The van der Waals surface area contributed by atoms with E-state index < -0.39 is 23.8 Å². The number of pyridine rings is 1. The number of rotatable bonds is 6. The molecule has 0 aliphatic carbocycles. The van der Waals surface area contributed by atoms with Crippen molar-refractivity contribution in [2.75, 3.05) is 23.3 Å². The maximum atomic E-state index is 14.7. The minimum Gasteiger partial charge on any atom is -0.369 e. The monoisotopic (exact) mass is 458 g/mol. The van der Waals surface area contributed by atoms with Crippen molar-refractivity contribution in [2.24, 2.45) is 11.7 Å². The zero-order valence-corrected chi connectivity index (χ0v) is 18.4. The van der Waals surface area contributed by atoms with Crippen LogP contribution in [0.4, 0.5) is 24.8 Å². The van der Waals surface area contributed by atoms with Gasteiger partial charge in [0.05, 0.1) is 29.2 Å². The van der Waals surface area contributed by atoms with Crippen LogP contribution in [-0.2, 0) is 4.79 Å². The maximum absolute atomic E-state index is 14.7. The van der Waals surface area contributed by atoms with Crippen LogP contribution in [0, 0.1) is 18.7 Å². The number of anilines is 2. The summed E-state index contributed by atoms with van der Waals surface area (Å²) in [5.74, 6) is 0.0782. The van der Waals surface area contributed by atoms with Crippen LogP contribution in [0.3, 0.4) is 0 Å². The molecule has 3 heterocycles. The summed E-state index contributed by atoms with van der Waals surface area (Å²) in [6.45, 7) is 4.62. The highest BCUT2D eigenvalue weighted by Gasteiger charge is 2.25. The minimum absolute atomic E-state index is 0.117. The van der Waals surface area contributed by atoms with E-state index in [0.29, 0.717) is 34.9 Å². The first-order valence-corrected chi connectivity index (χ1v) is 10.8. The molecule has 10 heteroatoms. The fourth-order valence-corrected chi connectivity index (χ4v) is 4.19. The standard InChI is InChI=1S/C23H25F3N6O/c1-12(15-6-3-7-16(20(15)24)21(25)26)29-23-17-9-19(28-10-18(17)30-13(2)31-23)32-8-4-5-14(11-32)22(27)33/h3,6-7,9-10,12,14,21H,4-5,8,11H2,1-2H3,(H2,27,33)(H,29,30,31)/t12?,14-/m0/s1. The highest BCUT2D eigenvalue weighted by Crippen LogP contribution is 2.32. The van der Waals surface area contributed by atoms with Gasteiger partial charge in [-0.3, -0.25) is 4.79 Å². The minimum atomic E-state index is -2.90. The average molecular weight is 458 g/mol. The van der Waals surface area contributed by atoms with Crippen molar-refractivity contribution in [3.63, 3.8) is 0 Å². The second-order valence-electron chi connectivity index (χ2n) is 8.28. The first-order valence-electron chi connectivity index (χ1n) is 10.8. The summed E-state index contributed by atoms with van der Waals surface area (Å²) in [6.07, 6.45) is 0.289. The highest BCUT2D eigenvalue weighted by molar-refractivity contribution is 5.90. The van der Waals surface area contributed by atoms with Crippen LogP contribution in [0.15, 0.2) is 30.5 Å². The van der Waals surface area contributed by atoms with Crippen LogP contribution < -0.4 is 16.0 Å². The van der Waals surface area contributed by atoms with Gasteiger partial charge >= 0.3 is 0 Å². The SMILES string of the molecule is Cc1nc(NC(C)c2cccc(C(F)F)c2F)c2cc(N3CCC[C@H](C(N)=O)C3)ncc2n1. The summed E-state index contributed by atoms with van der Waals surface area (Å²) in [6, 6.07) is 5.15. The van der Waals surface area contributed by atoms with E-state index in [1.807, 2.05) is 11.0 Å². The predicted octanol–water partition coefficient (Wildman–Crippen LogP) is 4.28. The molecule has 1 saturated heterocycles. The molecule has 2 atom stereocenters. The van der Waals surface area contributed by atoms with E-state index in [4.69, 9.17) is 5.73 Å². The van der Waals surface area contributed by atoms with Gasteiger partial charge in [0.25, 0.3) is 6.43 Å². The molecule has 0 saturated carbocycles. The number of alkyl halides is 2. The van der Waals surface area contributed by atoms with Crippen LogP contribution in [0.5, 0.6) is 0 Å². The van der Waals surface area contributed by atoms with Crippen LogP contribution in [0.2, 0.25) is 0 Å². The van der Waals surface area contributed by atoms with Crippen molar-refractivity contribution in [1.82, 2.24) is 15.0 Å². The number of carbonyl (C=O) groups excluding carboxylic acids is 1. The number of aryl methyl sites for hydroxylation is 1. The molecule has 1 aliphatic rings. The lowest BCUT2D eigenvalue weighted by atomic mass is 9.97. The van der Waals surface area contributed by atoms with Gasteiger partial charge in [-0.05, 0) is 32.8 Å². The van der Waals surface area contributed by atoms with Crippen LogP contribution in [-0.4, -0.2) is 33.9 Å². The zero-order chi connectivity index (χ0) is 23.7. The highest BCUT2D eigenvalue weighted by atomic mass is 19.3. The lowest BCUT2D eigenvalue weighted by Crippen LogP contribution is -2.41. The first kappa shape index (κ1) is 22.8. The molecule has 0 bridgehead atoms. The normalized spacial score (nSPS) is 17.4. The number of hydrogen-bond acceptors (Lipinski definition) is 6. The Hall–Kier alpha value is -3.43. The third kappa shape index (κ3) is 4.69. The molecule has 3 N–H and O–H groups in total. The Morgan fingerprint density at radius 1 is 1.27 bits per heavy atom. The summed E-state index contributed by atoms with van der Waals surface area (Å²) >= 11 is 0. The molecule has 3 aromatic rings. The van der Waals surface area contributed by atoms with Gasteiger partial charge in [-0.1, -0.05) is 18.2 Å². The van der Waals surface area contributed by atoms with Gasteiger partial charge in [0.15, 0.2) is 0 Å². The number of nitrogens with zero attached hydrogens (tertiary/aromatic N) is 4. The van der Waals surface area contributed by atoms with Crippen LogP contribution in [0.25, 0.3) is 10.9 Å². The molecule has 1 aliphatic heterocycles. The number of benzene rings is 1. The first-order chi connectivity index (χ1) is 15.7. The fourth-order valence-electron chi connectivity index (χ4n) is 4.19. The number of fused-ring (bicyclic) bond motifs is 1. The molecule has 1 unspecified atom stereocenters. The molecule has 1 fully saturated rings. The largest absolute Gasteiger partial charge is 0.369 e. The Kier molecular flexibility index (Phi) is 6.35. The van der Waals surface area contributed by atoms with E-state index in [1.165, 1.54) is 12.1 Å². The van der Waals surface area contributed by atoms with Crippen molar-refractivity contribution < 1.29 is 18.0 Å². The van der Waals surface area contributed by atoms with Crippen molar-refractivity contribution in [1.29, 1.82) is 0 Å². The quantitative estimate of drug-likeness (QED) is 0.572. The van der Waals surface area contributed by atoms with E-state index in [1.54, 1.807) is 20.0 Å². The van der Waals surface area contributed by atoms with Gasteiger partial charge in [-0.25, -0.2) is 28.1 Å². The second-order valence-corrected chi connectivity index (χ2v) is 8.28. The third-order valence-corrected chi connectivity index (χ3v) is 5.94. The molecule has 1 amide bonds. The molecular weight excluding hydrogens is 433 g/mol. The Balaban J connectivity index is 1.68. The van der Waals surface area contributed by atoms with Crippen LogP contribution >= 0.6 is 0 Å². The topological polar surface area (TPSA) is 97.0 Å². The lowest BCUT2D eigenvalue weighted by Gasteiger charge is -2.32. The van der Waals surface area contributed by atoms with Gasteiger partial charge in [0.2, 0.25) is 5.91 Å². The summed E-state index contributed by atoms with van der Waals surface area (Å²) in [5, 5.41) is 3.81. The maximum Gasteiger partial charge on any atom is 0.266 e. The van der Waals surface area contributed by atoms with Crippen molar-refractivity contribution in [2.45, 2.75) is 39.2 Å². The number of amides is 1. The van der Waals surface area contributed by atoms with Crippen molar-refractivity contribution >= 4 is 28.4 Å². The van der Waals surface area contributed by atoms with E-state index in [-0.39, 0.29) is 17.4 Å². The number of aromatic nitrogens is 3. The molecular formula is C23H25F3N6O. The van der Waals surface area contributed by atoms with Gasteiger partial charge in [0, 0.05) is 24.0 Å². The second kappa shape index (κ2) is 9.21. The fraction of sp³-hybridized carbons (Fsp3) is 0.391. The number of nitrogens with one attached hydrogen (secondary N) is 1. The van der Waals surface area contributed by atoms with Crippen molar-refractivity contribution in [3.8, 4) is 0 Å².